The zero-order valence-corrected chi connectivity index (χ0v) is 15.7. The Kier molecular flexibility index (Phi) is 4.75. The van der Waals surface area contributed by atoms with E-state index < -0.39 is 0 Å². The molecule has 1 saturated heterocycles. The lowest BCUT2D eigenvalue weighted by molar-refractivity contribution is -0.117. The summed E-state index contributed by atoms with van der Waals surface area (Å²) in [5.74, 6) is 1.29. The van der Waals surface area contributed by atoms with Gasteiger partial charge in [0.15, 0.2) is 5.82 Å². The van der Waals surface area contributed by atoms with E-state index in [0.29, 0.717) is 31.1 Å². The third kappa shape index (κ3) is 3.77. The maximum atomic E-state index is 12.5. The number of rotatable bonds is 5. The first kappa shape index (κ1) is 17.5. The number of amides is 1. The van der Waals surface area contributed by atoms with Gasteiger partial charge in [-0.25, -0.2) is 0 Å². The molecule has 1 atom stereocenters. The van der Waals surface area contributed by atoms with E-state index in [2.05, 4.69) is 60.4 Å². The second-order valence-corrected chi connectivity index (χ2v) is 7.13. The number of hydrogen-bond donors (Lipinski definition) is 0. The van der Waals surface area contributed by atoms with Crippen molar-refractivity contribution in [1.82, 2.24) is 10.1 Å². The number of hydrogen-bond acceptors (Lipinski definition) is 4. The average Bonchev–Trinajstić information content (AvgIpc) is 3.30. The summed E-state index contributed by atoms with van der Waals surface area (Å²) in [5.41, 5.74) is 4.56. The lowest BCUT2D eigenvalue weighted by Gasteiger charge is -2.16. The number of anilines is 1. The summed E-state index contributed by atoms with van der Waals surface area (Å²) in [6.45, 7) is 4.78. The van der Waals surface area contributed by atoms with Gasteiger partial charge in [-0.1, -0.05) is 54.0 Å². The summed E-state index contributed by atoms with van der Waals surface area (Å²) >= 11 is 0. The van der Waals surface area contributed by atoms with Gasteiger partial charge in [0, 0.05) is 24.6 Å². The van der Waals surface area contributed by atoms with Crippen LogP contribution in [0.1, 0.15) is 47.7 Å². The zero-order valence-electron chi connectivity index (χ0n) is 15.7. The maximum Gasteiger partial charge on any atom is 0.231 e. The summed E-state index contributed by atoms with van der Waals surface area (Å²) in [7, 11) is 0. The quantitative estimate of drug-likeness (QED) is 0.688. The maximum absolute atomic E-state index is 12.5. The lowest BCUT2D eigenvalue weighted by atomic mass is 10.1. The van der Waals surface area contributed by atoms with Crippen molar-refractivity contribution in [3.05, 3.63) is 76.9 Å². The van der Waals surface area contributed by atoms with Crippen LogP contribution in [-0.2, 0) is 17.6 Å². The van der Waals surface area contributed by atoms with E-state index in [1.165, 1.54) is 11.1 Å². The topological polar surface area (TPSA) is 59.2 Å². The monoisotopic (exact) mass is 361 g/mol. The minimum absolute atomic E-state index is 0.0288. The van der Waals surface area contributed by atoms with Crippen LogP contribution < -0.4 is 4.90 Å². The van der Waals surface area contributed by atoms with Crippen LogP contribution in [0.3, 0.4) is 0 Å². The van der Waals surface area contributed by atoms with Crippen molar-refractivity contribution in [1.29, 1.82) is 0 Å². The molecular formula is C22H23N3O2. The van der Waals surface area contributed by atoms with Crippen molar-refractivity contribution in [2.45, 2.75) is 39.0 Å². The van der Waals surface area contributed by atoms with Gasteiger partial charge in [0.05, 0.1) is 6.42 Å². The molecular weight excluding hydrogens is 338 g/mol. The van der Waals surface area contributed by atoms with Crippen LogP contribution >= 0.6 is 0 Å². The molecule has 0 unspecified atom stereocenters. The molecule has 1 aliphatic rings. The summed E-state index contributed by atoms with van der Waals surface area (Å²) in [4.78, 5) is 18.8. The number of nitrogens with zero attached hydrogens (tertiary/aromatic N) is 3. The van der Waals surface area contributed by atoms with Crippen molar-refractivity contribution in [3.8, 4) is 0 Å². The minimum atomic E-state index is -0.0288. The molecule has 0 radical (unpaired) electrons. The molecule has 138 valence electrons. The van der Waals surface area contributed by atoms with Gasteiger partial charge in [-0.15, -0.1) is 0 Å². The van der Waals surface area contributed by atoms with Crippen LogP contribution in [0.2, 0.25) is 0 Å². The number of carbonyl (C=O) groups excluding carboxylic acids is 1. The predicted molar refractivity (Wildman–Crippen MR) is 104 cm³/mol. The van der Waals surface area contributed by atoms with Crippen molar-refractivity contribution >= 4 is 11.6 Å². The molecule has 0 bridgehead atoms. The van der Waals surface area contributed by atoms with Crippen LogP contribution in [0.4, 0.5) is 5.69 Å². The van der Waals surface area contributed by atoms with Crippen LogP contribution in [0.25, 0.3) is 0 Å². The highest BCUT2D eigenvalue weighted by atomic mass is 16.5. The number of carbonyl (C=O) groups is 1. The normalized spacial score (nSPS) is 16.9. The molecule has 1 aliphatic heterocycles. The third-order valence-electron chi connectivity index (χ3n) is 5.11. The van der Waals surface area contributed by atoms with Crippen molar-refractivity contribution in [2.24, 2.45) is 0 Å². The molecule has 0 N–H and O–H groups in total. The fraction of sp³-hybridized carbons (Fsp3) is 0.318. The third-order valence-corrected chi connectivity index (χ3v) is 5.11. The number of benzene rings is 2. The molecule has 2 heterocycles. The Morgan fingerprint density at radius 2 is 1.78 bits per heavy atom. The van der Waals surface area contributed by atoms with Gasteiger partial charge in [0.2, 0.25) is 11.8 Å². The van der Waals surface area contributed by atoms with Crippen LogP contribution in [0, 0.1) is 6.92 Å². The number of aryl methyl sites for hydroxylation is 2. The SMILES string of the molecule is CCc1ccc(N2C[C@@H](c3noc(Cc4ccc(C)cc4)n3)CC2=O)cc1. The fourth-order valence-corrected chi connectivity index (χ4v) is 3.43. The summed E-state index contributed by atoms with van der Waals surface area (Å²) in [6, 6.07) is 16.5. The van der Waals surface area contributed by atoms with E-state index in [0.717, 1.165) is 17.7 Å². The zero-order chi connectivity index (χ0) is 18.8. The molecule has 0 aliphatic carbocycles. The smallest absolute Gasteiger partial charge is 0.231 e. The Hall–Kier alpha value is -2.95. The average molecular weight is 361 g/mol. The Labute approximate surface area is 159 Å². The molecule has 4 rings (SSSR count). The molecule has 0 spiro atoms. The van der Waals surface area contributed by atoms with E-state index in [1.54, 1.807) is 0 Å². The van der Waals surface area contributed by atoms with Crippen LogP contribution in [0.5, 0.6) is 0 Å². The lowest BCUT2D eigenvalue weighted by Crippen LogP contribution is -2.24. The molecule has 2 aromatic carbocycles. The highest BCUT2D eigenvalue weighted by Crippen LogP contribution is 2.30. The van der Waals surface area contributed by atoms with Gasteiger partial charge in [-0.2, -0.15) is 4.98 Å². The van der Waals surface area contributed by atoms with E-state index in [-0.39, 0.29) is 11.8 Å². The Balaban J connectivity index is 1.45. The molecule has 5 nitrogen and oxygen atoms in total. The standard InChI is InChI=1S/C22H23N3O2/c1-3-16-8-10-19(11-9-16)25-14-18(13-21(25)26)22-23-20(27-24-22)12-17-6-4-15(2)5-7-17/h4-11,18H,3,12-14H2,1-2H3/t18-/m0/s1. The molecule has 0 saturated carbocycles. The van der Waals surface area contributed by atoms with Crippen molar-refractivity contribution < 1.29 is 9.32 Å². The van der Waals surface area contributed by atoms with Crippen molar-refractivity contribution in [3.63, 3.8) is 0 Å². The first-order valence-corrected chi connectivity index (χ1v) is 9.39. The fourth-order valence-electron chi connectivity index (χ4n) is 3.43. The Morgan fingerprint density at radius 3 is 2.48 bits per heavy atom. The number of aromatic nitrogens is 2. The second kappa shape index (κ2) is 7.35. The first-order valence-electron chi connectivity index (χ1n) is 9.39. The Morgan fingerprint density at radius 1 is 1.07 bits per heavy atom. The summed E-state index contributed by atoms with van der Waals surface area (Å²) < 4.78 is 5.43. The molecule has 27 heavy (non-hydrogen) atoms. The minimum Gasteiger partial charge on any atom is -0.339 e. The van der Waals surface area contributed by atoms with Crippen molar-refractivity contribution in [2.75, 3.05) is 11.4 Å². The van der Waals surface area contributed by atoms with E-state index in [4.69, 9.17) is 4.52 Å². The van der Waals surface area contributed by atoms with Gasteiger partial charge >= 0.3 is 0 Å². The van der Waals surface area contributed by atoms with Gasteiger partial charge < -0.3 is 9.42 Å². The van der Waals surface area contributed by atoms with E-state index in [1.807, 2.05) is 17.0 Å². The molecule has 1 fully saturated rings. The molecule has 5 heteroatoms. The van der Waals surface area contributed by atoms with E-state index in [9.17, 15) is 4.79 Å². The summed E-state index contributed by atoms with van der Waals surface area (Å²) in [6.07, 6.45) is 2.01. The molecule has 3 aromatic rings. The molecule has 1 aromatic heterocycles. The van der Waals surface area contributed by atoms with E-state index >= 15 is 0 Å². The largest absolute Gasteiger partial charge is 0.339 e. The highest BCUT2D eigenvalue weighted by molar-refractivity contribution is 5.96. The van der Waals surface area contributed by atoms with Gasteiger partial charge in [0.25, 0.3) is 0 Å². The van der Waals surface area contributed by atoms with Gasteiger partial charge in [0.1, 0.15) is 0 Å². The van der Waals surface area contributed by atoms with Crippen LogP contribution in [-0.4, -0.2) is 22.6 Å². The summed E-state index contributed by atoms with van der Waals surface area (Å²) in [5, 5.41) is 4.14. The van der Waals surface area contributed by atoms with Crippen LogP contribution in [0.15, 0.2) is 53.1 Å². The second-order valence-electron chi connectivity index (χ2n) is 7.13. The van der Waals surface area contributed by atoms with Gasteiger partial charge in [-0.05, 0) is 36.6 Å². The Bertz CT molecular complexity index is 929. The predicted octanol–water partition coefficient (Wildman–Crippen LogP) is 4.05. The highest BCUT2D eigenvalue weighted by Gasteiger charge is 2.34. The first-order chi connectivity index (χ1) is 13.1. The molecule has 1 amide bonds. The van der Waals surface area contributed by atoms with Gasteiger partial charge in [-0.3, -0.25) is 4.79 Å².